The molecule has 1 fully saturated rings. The fraction of sp³-hybridized carbons (Fsp3) is 0.818. The first-order valence-electron chi connectivity index (χ1n) is 5.45. The smallest absolute Gasteiger partial charge is 0.412 e. The van der Waals surface area contributed by atoms with Crippen LogP contribution in [-0.4, -0.2) is 48.5 Å². The minimum Gasteiger partial charge on any atom is -0.467 e. The molecule has 0 unspecified atom stereocenters. The summed E-state index contributed by atoms with van der Waals surface area (Å²) in [4.78, 5) is 24.6. The summed E-state index contributed by atoms with van der Waals surface area (Å²) >= 11 is 0. The van der Waals surface area contributed by atoms with E-state index in [-0.39, 0.29) is 6.73 Å². The number of rotatable bonds is 1. The van der Waals surface area contributed by atoms with Crippen LogP contribution in [0.15, 0.2) is 0 Å². The van der Waals surface area contributed by atoms with Crippen LogP contribution in [0.1, 0.15) is 27.7 Å². The molecule has 98 valence electrons. The first kappa shape index (κ1) is 13.8. The molecule has 1 aliphatic heterocycles. The zero-order chi connectivity index (χ0) is 13.2. The number of esters is 1. The Bertz CT molecular complexity index is 309. The number of hydrogen-bond acceptors (Lipinski definition) is 5. The van der Waals surface area contributed by atoms with Gasteiger partial charge in [-0.05, 0) is 27.7 Å². The molecule has 1 aliphatic rings. The average molecular weight is 245 g/mol. The molecule has 1 rings (SSSR count). The van der Waals surface area contributed by atoms with Gasteiger partial charge >= 0.3 is 12.1 Å². The molecule has 0 aromatic heterocycles. The molecule has 0 aromatic rings. The molecule has 0 bridgehead atoms. The van der Waals surface area contributed by atoms with E-state index in [9.17, 15) is 9.59 Å². The number of nitrogens with zero attached hydrogens (tertiary/aromatic N) is 1. The average Bonchev–Trinajstić information content (AvgIpc) is 2.56. The SMILES string of the molecule is COC(=O)[C@H]1[C@H](C)OCN1C(=O)OC(C)(C)C. The van der Waals surface area contributed by atoms with Crippen LogP contribution in [0.3, 0.4) is 0 Å². The lowest BCUT2D eigenvalue weighted by Gasteiger charge is -2.26. The minimum atomic E-state index is -0.741. The van der Waals surface area contributed by atoms with E-state index in [1.807, 2.05) is 0 Å². The van der Waals surface area contributed by atoms with Crippen LogP contribution in [0.2, 0.25) is 0 Å². The van der Waals surface area contributed by atoms with Crippen molar-refractivity contribution in [1.29, 1.82) is 0 Å². The molecule has 2 atom stereocenters. The molecule has 0 aromatic carbocycles. The monoisotopic (exact) mass is 245 g/mol. The van der Waals surface area contributed by atoms with Gasteiger partial charge in [-0.1, -0.05) is 0 Å². The normalized spacial score (nSPS) is 24.6. The second-order valence-electron chi connectivity index (χ2n) is 4.92. The van der Waals surface area contributed by atoms with Gasteiger partial charge in [0.1, 0.15) is 12.3 Å². The molecule has 6 heteroatoms. The molecule has 0 N–H and O–H groups in total. The van der Waals surface area contributed by atoms with Crippen molar-refractivity contribution in [2.45, 2.75) is 45.4 Å². The summed E-state index contributed by atoms with van der Waals surface area (Å²) in [6.07, 6.45) is -0.966. The van der Waals surface area contributed by atoms with Gasteiger partial charge < -0.3 is 14.2 Å². The predicted molar refractivity (Wildman–Crippen MR) is 59.3 cm³/mol. The summed E-state index contributed by atoms with van der Waals surface area (Å²) in [6.45, 7) is 7.04. The summed E-state index contributed by atoms with van der Waals surface area (Å²) in [5.41, 5.74) is -0.608. The largest absolute Gasteiger partial charge is 0.467 e. The Morgan fingerprint density at radius 3 is 2.41 bits per heavy atom. The molecule has 0 radical (unpaired) electrons. The zero-order valence-electron chi connectivity index (χ0n) is 10.9. The van der Waals surface area contributed by atoms with E-state index in [1.165, 1.54) is 12.0 Å². The maximum absolute atomic E-state index is 11.9. The van der Waals surface area contributed by atoms with Crippen LogP contribution >= 0.6 is 0 Å². The van der Waals surface area contributed by atoms with E-state index in [2.05, 4.69) is 4.74 Å². The second-order valence-corrected chi connectivity index (χ2v) is 4.92. The van der Waals surface area contributed by atoms with Gasteiger partial charge in [-0.3, -0.25) is 4.90 Å². The summed E-state index contributed by atoms with van der Waals surface area (Å²) in [6, 6.07) is -0.741. The van der Waals surface area contributed by atoms with Crippen molar-refractivity contribution < 1.29 is 23.8 Å². The zero-order valence-corrected chi connectivity index (χ0v) is 10.9. The van der Waals surface area contributed by atoms with E-state index in [4.69, 9.17) is 9.47 Å². The van der Waals surface area contributed by atoms with Gasteiger partial charge in [0.15, 0.2) is 6.04 Å². The molecule has 1 heterocycles. The summed E-state index contributed by atoms with van der Waals surface area (Å²) in [5.74, 6) is -0.499. The van der Waals surface area contributed by atoms with Gasteiger partial charge in [-0.2, -0.15) is 0 Å². The van der Waals surface area contributed by atoms with Gasteiger partial charge in [-0.25, -0.2) is 9.59 Å². The Hall–Kier alpha value is -1.30. The lowest BCUT2D eigenvalue weighted by atomic mass is 10.2. The highest BCUT2D eigenvalue weighted by Crippen LogP contribution is 2.21. The lowest BCUT2D eigenvalue weighted by Crippen LogP contribution is -2.46. The number of methoxy groups -OCH3 is 1. The number of carbonyl (C=O) groups excluding carboxylic acids is 2. The van der Waals surface area contributed by atoms with E-state index in [1.54, 1.807) is 27.7 Å². The molecule has 0 spiro atoms. The highest BCUT2D eigenvalue weighted by molar-refractivity contribution is 5.82. The highest BCUT2D eigenvalue weighted by atomic mass is 16.6. The van der Waals surface area contributed by atoms with Crippen LogP contribution in [0.25, 0.3) is 0 Å². The topological polar surface area (TPSA) is 65.1 Å². The molecule has 6 nitrogen and oxygen atoms in total. The van der Waals surface area contributed by atoms with E-state index >= 15 is 0 Å². The maximum atomic E-state index is 11.9. The first-order chi connectivity index (χ1) is 7.76. The molecule has 0 saturated carbocycles. The predicted octanol–water partition coefficient (Wildman–Crippen LogP) is 1.14. The Morgan fingerprint density at radius 1 is 1.35 bits per heavy atom. The molecular weight excluding hydrogens is 226 g/mol. The van der Waals surface area contributed by atoms with Crippen LogP contribution in [0.5, 0.6) is 0 Å². The van der Waals surface area contributed by atoms with Crippen LogP contribution < -0.4 is 0 Å². The number of hydrogen-bond donors (Lipinski definition) is 0. The molecule has 1 saturated heterocycles. The van der Waals surface area contributed by atoms with E-state index < -0.39 is 29.8 Å². The second kappa shape index (κ2) is 4.91. The molecule has 0 aliphatic carbocycles. The van der Waals surface area contributed by atoms with Crippen LogP contribution in [0.4, 0.5) is 4.79 Å². The third-order valence-corrected chi connectivity index (χ3v) is 2.33. The third kappa shape index (κ3) is 3.33. The van der Waals surface area contributed by atoms with Gasteiger partial charge in [0.05, 0.1) is 13.2 Å². The van der Waals surface area contributed by atoms with Crippen molar-refractivity contribution in [3.05, 3.63) is 0 Å². The number of amides is 1. The fourth-order valence-electron chi connectivity index (χ4n) is 1.55. The van der Waals surface area contributed by atoms with Crippen LogP contribution in [-0.2, 0) is 19.0 Å². The van der Waals surface area contributed by atoms with Crippen molar-refractivity contribution in [2.24, 2.45) is 0 Å². The number of carbonyl (C=O) groups is 2. The van der Waals surface area contributed by atoms with Gasteiger partial charge in [0.25, 0.3) is 0 Å². The van der Waals surface area contributed by atoms with E-state index in [0.29, 0.717) is 0 Å². The molecule has 1 amide bonds. The third-order valence-electron chi connectivity index (χ3n) is 2.33. The minimum absolute atomic E-state index is 0.0375. The Labute approximate surface area is 101 Å². The van der Waals surface area contributed by atoms with Gasteiger partial charge in [0.2, 0.25) is 0 Å². The van der Waals surface area contributed by atoms with Gasteiger partial charge in [-0.15, -0.1) is 0 Å². The van der Waals surface area contributed by atoms with Crippen molar-refractivity contribution in [3.8, 4) is 0 Å². The highest BCUT2D eigenvalue weighted by Gasteiger charge is 2.43. The Morgan fingerprint density at radius 2 is 1.94 bits per heavy atom. The van der Waals surface area contributed by atoms with Gasteiger partial charge in [0, 0.05) is 0 Å². The standard InChI is InChI=1S/C11H19NO5/c1-7-8(9(13)15-5)12(6-16-7)10(14)17-11(2,3)4/h7-8H,6H2,1-5H3/t7-,8+/m0/s1. The van der Waals surface area contributed by atoms with E-state index in [0.717, 1.165) is 0 Å². The quantitative estimate of drug-likeness (QED) is 0.648. The summed E-state index contributed by atoms with van der Waals surface area (Å²) < 4.78 is 15.1. The molecular formula is C11H19NO5. The summed E-state index contributed by atoms with van der Waals surface area (Å²) in [7, 11) is 1.28. The first-order valence-corrected chi connectivity index (χ1v) is 5.45. The molecule has 17 heavy (non-hydrogen) atoms. The number of ether oxygens (including phenoxy) is 3. The van der Waals surface area contributed by atoms with Crippen molar-refractivity contribution >= 4 is 12.1 Å². The summed E-state index contributed by atoms with van der Waals surface area (Å²) in [5, 5.41) is 0. The van der Waals surface area contributed by atoms with Crippen molar-refractivity contribution in [3.63, 3.8) is 0 Å². The van der Waals surface area contributed by atoms with Crippen LogP contribution in [0, 0.1) is 0 Å². The van der Waals surface area contributed by atoms with Crippen molar-refractivity contribution in [2.75, 3.05) is 13.8 Å². The maximum Gasteiger partial charge on any atom is 0.412 e. The Kier molecular flexibility index (Phi) is 3.98. The van der Waals surface area contributed by atoms with Crippen molar-refractivity contribution in [1.82, 2.24) is 4.90 Å². The lowest BCUT2D eigenvalue weighted by molar-refractivity contribution is -0.146. The Balaban J connectivity index is 2.76. The fourth-order valence-corrected chi connectivity index (χ4v) is 1.55.